The summed E-state index contributed by atoms with van der Waals surface area (Å²) in [7, 11) is 0. The highest BCUT2D eigenvalue weighted by atomic mass is 19.4. The van der Waals surface area contributed by atoms with Gasteiger partial charge in [0.15, 0.2) is 0 Å². The van der Waals surface area contributed by atoms with Crippen molar-refractivity contribution in [3.63, 3.8) is 0 Å². The summed E-state index contributed by atoms with van der Waals surface area (Å²) in [4.78, 5) is 26.4. The van der Waals surface area contributed by atoms with Crippen LogP contribution in [-0.4, -0.2) is 35.5 Å². The topological polar surface area (TPSA) is 49.4 Å². The number of nitrogens with one attached hydrogen (secondary N) is 1. The van der Waals surface area contributed by atoms with Gasteiger partial charge >= 0.3 is 6.18 Å². The first-order valence-corrected chi connectivity index (χ1v) is 9.50. The Morgan fingerprint density at radius 1 is 1.00 bits per heavy atom. The van der Waals surface area contributed by atoms with E-state index in [4.69, 9.17) is 0 Å². The molecule has 7 heteroatoms. The standard InChI is InChI=1S/C22H23F3N2O2/c1-15-2-4-16(5-3-15)12-20(28)27(19-10-11-19)13-17-6-8-18(9-7-17)21(29)26-14-22(23,24)25/h2-9,19H,10-14H2,1H3,(H,26,29). The van der Waals surface area contributed by atoms with Gasteiger partial charge in [-0.3, -0.25) is 9.59 Å². The highest BCUT2D eigenvalue weighted by Crippen LogP contribution is 2.29. The van der Waals surface area contributed by atoms with E-state index in [1.54, 1.807) is 12.1 Å². The van der Waals surface area contributed by atoms with Gasteiger partial charge < -0.3 is 10.2 Å². The fraction of sp³-hybridized carbons (Fsp3) is 0.364. The molecule has 1 N–H and O–H groups in total. The molecule has 0 aromatic heterocycles. The number of amides is 2. The van der Waals surface area contributed by atoms with E-state index in [0.29, 0.717) is 13.0 Å². The quantitative estimate of drug-likeness (QED) is 0.758. The molecular weight excluding hydrogens is 381 g/mol. The van der Waals surface area contributed by atoms with Gasteiger partial charge in [0, 0.05) is 18.2 Å². The molecule has 0 unspecified atom stereocenters. The molecule has 0 bridgehead atoms. The van der Waals surface area contributed by atoms with E-state index >= 15 is 0 Å². The molecule has 4 nitrogen and oxygen atoms in total. The van der Waals surface area contributed by atoms with E-state index in [2.05, 4.69) is 0 Å². The van der Waals surface area contributed by atoms with Crippen LogP contribution in [0.25, 0.3) is 0 Å². The number of rotatable bonds is 7. The molecule has 2 aromatic carbocycles. The largest absolute Gasteiger partial charge is 0.405 e. The summed E-state index contributed by atoms with van der Waals surface area (Å²) >= 11 is 0. The molecule has 3 rings (SSSR count). The number of alkyl halides is 3. The van der Waals surface area contributed by atoms with Gasteiger partial charge in [-0.15, -0.1) is 0 Å². The lowest BCUT2D eigenvalue weighted by Crippen LogP contribution is -2.34. The molecule has 1 aliphatic carbocycles. The van der Waals surface area contributed by atoms with Crippen molar-refractivity contribution < 1.29 is 22.8 Å². The summed E-state index contributed by atoms with van der Waals surface area (Å²) in [6.07, 6.45) is -2.18. The van der Waals surface area contributed by atoms with Gasteiger partial charge in [0.25, 0.3) is 5.91 Å². The van der Waals surface area contributed by atoms with Crippen molar-refractivity contribution in [3.05, 3.63) is 70.8 Å². The van der Waals surface area contributed by atoms with E-state index in [9.17, 15) is 22.8 Å². The van der Waals surface area contributed by atoms with Crippen LogP contribution >= 0.6 is 0 Å². The van der Waals surface area contributed by atoms with Gasteiger partial charge in [0.2, 0.25) is 5.91 Å². The van der Waals surface area contributed by atoms with Crippen molar-refractivity contribution in [2.75, 3.05) is 6.54 Å². The number of benzene rings is 2. The number of carbonyl (C=O) groups is 2. The maximum atomic E-state index is 12.8. The van der Waals surface area contributed by atoms with Gasteiger partial charge in [-0.25, -0.2) is 0 Å². The monoisotopic (exact) mass is 404 g/mol. The molecule has 0 saturated heterocycles. The Labute approximate surface area is 167 Å². The highest BCUT2D eigenvalue weighted by Gasteiger charge is 2.32. The highest BCUT2D eigenvalue weighted by molar-refractivity contribution is 5.94. The third-order valence-electron chi connectivity index (χ3n) is 4.80. The molecule has 0 radical (unpaired) electrons. The molecular formula is C22H23F3N2O2. The molecule has 0 aliphatic heterocycles. The maximum Gasteiger partial charge on any atom is 0.405 e. The molecule has 29 heavy (non-hydrogen) atoms. The number of halogens is 3. The lowest BCUT2D eigenvalue weighted by atomic mass is 10.1. The molecule has 0 atom stereocenters. The van der Waals surface area contributed by atoms with Crippen molar-refractivity contribution in [1.82, 2.24) is 10.2 Å². The van der Waals surface area contributed by atoms with Gasteiger partial charge in [-0.05, 0) is 43.0 Å². The van der Waals surface area contributed by atoms with Gasteiger partial charge in [0.05, 0.1) is 6.42 Å². The van der Waals surface area contributed by atoms with Crippen LogP contribution in [0.1, 0.15) is 39.9 Å². The molecule has 1 aliphatic rings. The summed E-state index contributed by atoms with van der Waals surface area (Å²) in [6.45, 7) is 1.05. The van der Waals surface area contributed by atoms with E-state index in [1.807, 2.05) is 41.4 Å². The summed E-state index contributed by atoms with van der Waals surface area (Å²) in [6, 6.07) is 14.4. The predicted molar refractivity (Wildman–Crippen MR) is 103 cm³/mol. The number of carbonyl (C=O) groups excluding carboxylic acids is 2. The molecule has 2 amide bonds. The Bertz CT molecular complexity index is 857. The zero-order valence-corrected chi connectivity index (χ0v) is 16.1. The van der Waals surface area contributed by atoms with E-state index < -0.39 is 18.6 Å². The third kappa shape index (κ3) is 6.34. The Hall–Kier alpha value is -2.83. The van der Waals surface area contributed by atoms with Crippen LogP contribution in [0.2, 0.25) is 0 Å². The Kier molecular flexibility index (Phi) is 6.25. The fourth-order valence-corrected chi connectivity index (χ4v) is 3.03. The van der Waals surface area contributed by atoms with E-state index in [0.717, 1.165) is 29.5 Å². The second-order valence-corrected chi connectivity index (χ2v) is 7.41. The van der Waals surface area contributed by atoms with Gasteiger partial charge in [0.1, 0.15) is 6.54 Å². The maximum absolute atomic E-state index is 12.8. The first kappa shape index (κ1) is 20.9. The van der Waals surface area contributed by atoms with Crippen LogP contribution < -0.4 is 5.32 Å². The molecule has 0 heterocycles. The van der Waals surface area contributed by atoms with Crippen molar-refractivity contribution in [2.45, 2.75) is 44.9 Å². The van der Waals surface area contributed by atoms with E-state index in [-0.39, 0.29) is 17.5 Å². The van der Waals surface area contributed by atoms with Crippen molar-refractivity contribution in [1.29, 1.82) is 0 Å². The van der Waals surface area contributed by atoms with Crippen LogP contribution in [0.3, 0.4) is 0 Å². The third-order valence-corrected chi connectivity index (χ3v) is 4.80. The lowest BCUT2D eigenvalue weighted by Gasteiger charge is -2.23. The second kappa shape index (κ2) is 8.68. The Balaban J connectivity index is 1.61. The number of nitrogens with zero attached hydrogens (tertiary/aromatic N) is 1. The molecule has 2 aromatic rings. The van der Waals surface area contributed by atoms with Crippen LogP contribution in [0.15, 0.2) is 48.5 Å². The van der Waals surface area contributed by atoms with Crippen molar-refractivity contribution in [2.24, 2.45) is 0 Å². The van der Waals surface area contributed by atoms with Crippen LogP contribution in [0.5, 0.6) is 0 Å². The van der Waals surface area contributed by atoms with Crippen LogP contribution in [0.4, 0.5) is 13.2 Å². The van der Waals surface area contributed by atoms with Gasteiger partial charge in [-0.1, -0.05) is 42.0 Å². The molecule has 1 fully saturated rings. The zero-order chi connectivity index (χ0) is 21.0. The molecule has 154 valence electrons. The number of hydrogen-bond acceptors (Lipinski definition) is 2. The minimum Gasteiger partial charge on any atom is -0.343 e. The van der Waals surface area contributed by atoms with E-state index in [1.165, 1.54) is 12.1 Å². The minimum absolute atomic E-state index is 0.0448. The molecule has 1 saturated carbocycles. The zero-order valence-electron chi connectivity index (χ0n) is 16.1. The SMILES string of the molecule is Cc1ccc(CC(=O)N(Cc2ccc(C(=O)NCC(F)(F)F)cc2)C2CC2)cc1. The summed E-state index contributed by atoms with van der Waals surface area (Å²) in [5.74, 6) is -0.730. The first-order chi connectivity index (χ1) is 13.7. The average Bonchev–Trinajstić information content (AvgIpc) is 3.51. The van der Waals surface area contributed by atoms with Crippen LogP contribution in [-0.2, 0) is 17.8 Å². The van der Waals surface area contributed by atoms with Crippen molar-refractivity contribution >= 4 is 11.8 Å². The normalized spacial score (nSPS) is 13.8. The summed E-state index contributed by atoms with van der Waals surface area (Å²) < 4.78 is 36.7. The lowest BCUT2D eigenvalue weighted by molar-refractivity contribution is -0.131. The number of aryl methyl sites for hydroxylation is 1. The first-order valence-electron chi connectivity index (χ1n) is 9.50. The predicted octanol–water partition coefficient (Wildman–Crippen LogP) is 4.02. The Morgan fingerprint density at radius 3 is 2.14 bits per heavy atom. The summed E-state index contributed by atoms with van der Waals surface area (Å²) in [5.41, 5.74) is 3.09. The fourth-order valence-electron chi connectivity index (χ4n) is 3.03. The molecule has 0 spiro atoms. The Morgan fingerprint density at radius 2 is 1.59 bits per heavy atom. The van der Waals surface area contributed by atoms with Gasteiger partial charge in [-0.2, -0.15) is 13.2 Å². The minimum atomic E-state index is -4.45. The van der Waals surface area contributed by atoms with Crippen LogP contribution in [0, 0.1) is 6.92 Å². The summed E-state index contributed by atoms with van der Waals surface area (Å²) in [5, 5.41) is 1.85. The second-order valence-electron chi connectivity index (χ2n) is 7.41. The smallest absolute Gasteiger partial charge is 0.343 e. The number of hydrogen-bond donors (Lipinski definition) is 1. The average molecular weight is 404 g/mol. The van der Waals surface area contributed by atoms with Crippen molar-refractivity contribution in [3.8, 4) is 0 Å².